The average molecular weight is 937 g/mol. The lowest BCUT2D eigenvalue weighted by Gasteiger charge is -2.41. The Morgan fingerprint density at radius 1 is 0.294 bits per heavy atom. The topological polar surface area (TPSA) is 179 Å². The van der Waals surface area contributed by atoms with Crippen LogP contribution in [0.1, 0.15) is 96.8 Å². The lowest BCUT2D eigenvalue weighted by atomic mass is 9.84. The van der Waals surface area contributed by atoms with E-state index in [9.17, 15) is 19.2 Å². The fraction of sp³-hybridized carbons (Fsp3) is 0.462. The molecular weight excluding hydrogens is 881 g/mol. The number of carbonyl (C=O) groups excluding carboxylic acids is 4. The number of carbonyl (C=O) groups is 4. The number of rotatable bonds is 8. The molecule has 68 heavy (non-hydrogen) atoms. The first-order chi connectivity index (χ1) is 32.3. The van der Waals surface area contributed by atoms with Crippen molar-refractivity contribution in [1.29, 1.82) is 0 Å². The molecular formula is C52H56O16. The van der Waals surface area contributed by atoms with E-state index in [1.807, 2.05) is 24.3 Å². The number of ether oxygens (including phenoxy) is 12. The van der Waals surface area contributed by atoms with E-state index in [4.69, 9.17) is 56.8 Å². The van der Waals surface area contributed by atoms with Gasteiger partial charge in [-0.25, -0.2) is 19.2 Å². The Hall–Kier alpha value is -5.56. The van der Waals surface area contributed by atoms with Crippen LogP contribution in [0.25, 0.3) is 0 Å². The number of fused-ring (bicyclic) bond motifs is 6. The van der Waals surface area contributed by atoms with Gasteiger partial charge in [0.15, 0.2) is 47.6 Å². The first-order valence-electron chi connectivity index (χ1n) is 22.7. The number of hydrogen-bond acceptors (Lipinski definition) is 16. The molecule has 0 spiro atoms. The van der Waals surface area contributed by atoms with E-state index >= 15 is 0 Å². The lowest BCUT2D eigenvalue weighted by Crippen LogP contribution is -2.63. The largest absolute Gasteiger partial charge is 0.452 e. The van der Waals surface area contributed by atoms with Crippen LogP contribution in [0.4, 0.5) is 0 Å². The molecule has 0 aromatic heterocycles. The molecule has 0 unspecified atom stereocenters. The molecule has 0 radical (unpaired) electrons. The molecule has 6 aliphatic rings. The van der Waals surface area contributed by atoms with Gasteiger partial charge in [-0.05, 0) is 104 Å². The molecule has 0 amide bonds. The van der Waals surface area contributed by atoms with Crippen molar-refractivity contribution in [3.05, 3.63) is 144 Å². The smallest absolute Gasteiger partial charge is 0.338 e. The highest BCUT2D eigenvalue weighted by Crippen LogP contribution is 2.48. The van der Waals surface area contributed by atoms with Gasteiger partial charge < -0.3 is 56.8 Å². The molecule has 16 heteroatoms. The minimum atomic E-state index is -0.981. The van der Waals surface area contributed by atoms with Gasteiger partial charge in [-0.15, -0.1) is 0 Å². The zero-order valence-corrected chi connectivity index (χ0v) is 39.0. The monoisotopic (exact) mass is 936 g/mol. The van der Waals surface area contributed by atoms with E-state index in [-0.39, 0.29) is 0 Å². The maximum Gasteiger partial charge on any atom is 0.338 e. The van der Waals surface area contributed by atoms with E-state index < -0.39 is 120 Å². The van der Waals surface area contributed by atoms with Crippen molar-refractivity contribution in [3.63, 3.8) is 0 Å². The SMILES string of the molecule is CC1(C)O[C@@H]2[C@H]3OC(C)(C)O[C@H]3[C@@H](OC(=O)c3ccccc3)[C@H](OC(=O)c3ccccc3)[C@H]2O1.CC1(C)O[C@H]2[C@@H]3OC(C)(C)O[C@H]3[C@H](OC(=O)c3ccccc3)[C@@H](OC(=O)c3ccccc3)[C@H]2O1. The highest BCUT2D eigenvalue weighted by molar-refractivity contribution is 5.91. The Morgan fingerprint density at radius 2 is 0.456 bits per heavy atom. The van der Waals surface area contributed by atoms with Gasteiger partial charge in [0.2, 0.25) is 0 Å². The van der Waals surface area contributed by atoms with E-state index in [2.05, 4.69) is 0 Å². The Morgan fingerprint density at radius 3 is 0.632 bits per heavy atom. The average Bonchev–Trinajstić information content (AvgIpc) is 4.04. The quantitative estimate of drug-likeness (QED) is 0.130. The molecule has 4 saturated heterocycles. The van der Waals surface area contributed by atoms with Gasteiger partial charge in [0, 0.05) is 0 Å². The van der Waals surface area contributed by atoms with Crippen LogP contribution in [0.5, 0.6) is 0 Å². The molecule has 16 nitrogen and oxygen atoms in total. The van der Waals surface area contributed by atoms with Crippen molar-refractivity contribution in [2.45, 2.75) is 152 Å². The lowest BCUT2D eigenvalue weighted by molar-refractivity contribution is -0.185. The van der Waals surface area contributed by atoms with Gasteiger partial charge in [0.25, 0.3) is 0 Å². The molecule has 4 aliphatic heterocycles. The maximum absolute atomic E-state index is 13.1. The molecule has 2 saturated carbocycles. The number of hydrogen-bond donors (Lipinski definition) is 0. The first kappa shape index (κ1) is 47.5. The van der Waals surface area contributed by atoms with Crippen LogP contribution < -0.4 is 0 Å². The molecule has 0 N–H and O–H groups in total. The summed E-state index contributed by atoms with van der Waals surface area (Å²) in [6.07, 6.45) is -9.16. The Labute approximate surface area is 394 Å². The fourth-order valence-corrected chi connectivity index (χ4v) is 9.65. The molecule has 10 rings (SSSR count). The Bertz CT molecular complexity index is 2100. The molecule has 2 aliphatic carbocycles. The van der Waals surface area contributed by atoms with Crippen molar-refractivity contribution in [2.24, 2.45) is 0 Å². The number of esters is 4. The van der Waals surface area contributed by atoms with Crippen molar-refractivity contribution >= 4 is 23.9 Å². The van der Waals surface area contributed by atoms with Gasteiger partial charge in [0.05, 0.1) is 22.3 Å². The van der Waals surface area contributed by atoms with Crippen LogP contribution in [0.3, 0.4) is 0 Å². The second kappa shape index (κ2) is 18.4. The van der Waals surface area contributed by atoms with Crippen LogP contribution in [-0.4, -0.2) is 120 Å². The highest BCUT2D eigenvalue weighted by atomic mass is 16.8. The fourth-order valence-electron chi connectivity index (χ4n) is 9.65. The normalized spacial score (nSPS) is 32.9. The molecule has 4 aromatic carbocycles. The minimum Gasteiger partial charge on any atom is -0.452 e. The summed E-state index contributed by atoms with van der Waals surface area (Å²) < 4.78 is 73.1. The molecule has 12 atom stereocenters. The Kier molecular flexibility index (Phi) is 12.9. The van der Waals surface area contributed by atoms with Crippen LogP contribution >= 0.6 is 0 Å². The summed E-state index contributed by atoms with van der Waals surface area (Å²) in [5.41, 5.74) is 1.49. The zero-order valence-electron chi connectivity index (χ0n) is 39.0. The van der Waals surface area contributed by atoms with E-state index in [0.717, 1.165) is 0 Å². The second-order valence-electron chi connectivity index (χ2n) is 19.2. The first-order valence-corrected chi connectivity index (χ1v) is 22.7. The van der Waals surface area contributed by atoms with Gasteiger partial charge in [-0.3, -0.25) is 0 Å². The van der Waals surface area contributed by atoms with Crippen LogP contribution in [0.15, 0.2) is 121 Å². The third kappa shape index (κ3) is 9.96. The standard InChI is InChI=1S/2C26H28O8/c2*1-25(2)31-19-17(29-23(27)15-11-7-5-8-12-15)18(30-24(28)16-13-9-6-10-14-16)20-22(21(19)33-25)34-26(3,4)32-20/h2*5-14,17-22H,1-4H3/t2*17-,18-,19-,20+,21-,22-/m10/s1. The van der Waals surface area contributed by atoms with Crippen LogP contribution in [-0.2, 0) is 56.8 Å². The molecule has 360 valence electrons. The van der Waals surface area contributed by atoms with E-state index in [1.165, 1.54) is 0 Å². The summed E-state index contributed by atoms with van der Waals surface area (Å²) in [6, 6.07) is 34.5. The summed E-state index contributed by atoms with van der Waals surface area (Å²) in [5, 5.41) is 0. The van der Waals surface area contributed by atoms with Crippen molar-refractivity contribution < 1.29 is 76.0 Å². The van der Waals surface area contributed by atoms with E-state index in [1.54, 1.807) is 152 Å². The van der Waals surface area contributed by atoms with Crippen molar-refractivity contribution in [2.75, 3.05) is 0 Å². The van der Waals surface area contributed by atoms with Gasteiger partial charge >= 0.3 is 23.9 Å². The van der Waals surface area contributed by atoms with Gasteiger partial charge in [-0.2, -0.15) is 0 Å². The summed E-state index contributed by atoms with van der Waals surface area (Å²) in [4.78, 5) is 52.2. The second-order valence-corrected chi connectivity index (χ2v) is 19.2. The zero-order chi connectivity index (χ0) is 48.2. The highest BCUT2D eigenvalue weighted by Gasteiger charge is 2.67. The summed E-state index contributed by atoms with van der Waals surface area (Å²) in [5.74, 6) is -6.05. The van der Waals surface area contributed by atoms with E-state index in [0.29, 0.717) is 22.3 Å². The minimum absolute atomic E-state index is 0.372. The van der Waals surface area contributed by atoms with Crippen molar-refractivity contribution in [3.8, 4) is 0 Å². The summed E-state index contributed by atoms with van der Waals surface area (Å²) >= 11 is 0. The molecule has 6 fully saturated rings. The van der Waals surface area contributed by atoms with Gasteiger partial charge in [-0.1, -0.05) is 72.8 Å². The summed E-state index contributed by atoms with van der Waals surface area (Å²) in [7, 11) is 0. The summed E-state index contributed by atoms with van der Waals surface area (Å²) in [6.45, 7) is 14.2. The predicted octanol–water partition coefficient (Wildman–Crippen LogP) is 6.98. The van der Waals surface area contributed by atoms with Crippen LogP contribution in [0, 0.1) is 0 Å². The molecule has 4 aromatic rings. The molecule has 4 heterocycles. The third-order valence-corrected chi connectivity index (χ3v) is 12.3. The van der Waals surface area contributed by atoms with Gasteiger partial charge in [0.1, 0.15) is 48.8 Å². The molecule has 0 bridgehead atoms. The number of benzene rings is 4. The van der Waals surface area contributed by atoms with Crippen LogP contribution in [0.2, 0.25) is 0 Å². The maximum atomic E-state index is 13.1. The van der Waals surface area contributed by atoms with Crippen molar-refractivity contribution in [1.82, 2.24) is 0 Å². The Balaban J connectivity index is 0.000000170. The predicted molar refractivity (Wildman–Crippen MR) is 238 cm³/mol. The third-order valence-electron chi connectivity index (χ3n) is 12.3.